The highest BCUT2D eigenvalue weighted by molar-refractivity contribution is 6.32. The van der Waals surface area contributed by atoms with Crippen LogP contribution in [0.5, 0.6) is 5.75 Å². The number of halogens is 4. The van der Waals surface area contributed by atoms with E-state index in [1.165, 1.54) is 0 Å². The van der Waals surface area contributed by atoms with Gasteiger partial charge in [-0.3, -0.25) is 4.79 Å². The Labute approximate surface area is 140 Å². The first kappa shape index (κ1) is 19.8. The third-order valence-corrected chi connectivity index (χ3v) is 3.13. The van der Waals surface area contributed by atoms with E-state index in [1.807, 2.05) is 0 Å². The molecule has 9 heteroatoms. The van der Waals surface area contributed by atoms with E-state index in [1.54, 1.807) is 6.92 Å². The van der Waals surface area contributed by atoms with Crippen molar-refractivity contribution < 1.29 is 37.0 Å². The summed E-state index contributed by atoms with van der Waals surface area (Å²) in [6.07, 6.45) is -4.92. The van der Waals surface area contributed by atoms with Crippen LogP contribution in [0, 0.1) is 0 Å². The molecule has 0 bridgehead atoms. The van der Waals surface area contributed by atoms with Gasteiger partial charge in [-0.15, -0.1) is 13.2 Å². The Morgan fingerprint density at radius 2 is 1.96 bits per heavy atom. The zero-order valence-corrected chi connectivity index (χ0v) is 13.5. The van der Waals surface area contributed by atoms with Gasteiger partial charge in [-0.05, 0) is 24.6 Å². The average molecular weight is 367 g/mol. The third-order valence-electron chi connectivity index (χ3n) is 2.83. The SMILES string of the molecule is C=C(C(=O)OC)C(C(=O)OCC)c1ccc(OC(F)(F)F)c(Cl)c1. The minimum absolute atomic E-state index is 0.0345. The van der Waals surface area contributed by atoms with Crippen molar-refractivity contribution in [3.8, 4) is 5.75 Å². The van der Waals surface area contributed by atoms with Gasteiger partial charge in [-0.1, -0.05) is 24.2 Å². The number of alkyl halides is 3. The minimum atomic E-state index is -4.92. The first-order valence-electron chi connectivity index (χ1n) is 6.59. The van der Waals surface area contributed by atoms with E-state index in [2.05, 4.69) is 16.1 Å². The van der Waals surface area contributed by atoms with Gasteiger partial charge in [0, 0.05) is 5.57 Å². The van der Waals surface area contributed by atoms with Crippen molar-refractivity contribution >= 4 is 23.5 Å². The summed E-state index contributed by atoms with van der Waals surface area (Å²) in [6.45, 7) is 5.08. The molecule has 1 aromatic rings. The number of hydrogen-bond acceptors (Lipinski definition) is 5. The highest BCUT2D eigenvalue weighted by atomic mass is 35.5. The van der Waals surface area contributed by atoms with Crippen molar-refractivity contribution in [3.05, 3.63) is 40.9 Å². The summed E-state index contributed by atoms with van der Waals surface area (Å²) in [7, 11) is 1.10. The molecule has 0 fully saturated rings. The minimum Gasteiger partial charge on any atom is -0.466 e. The Bertz CT molecular complexity index is 642. The number of esters is 2. The van der Waals surface area contributed by atoms with Crippen molar-refractivity contribution in [2.45, 2.75) is 19.2 Å². The highest BCUT2D eigenvalue weighted by Gasteiger charge is 2.34. The lowest BCUT2D eigenvalue weighted by molar-refractivity contribution is -0.274. The zero-order chi connectivity index (χ0) is 18.5. The van der Waals surface area contributed by atoms with Gasteiger partial charge in [0.05, 0.1) is 18.7 Å². The zero-order valence-electron chi connectivity index (χ0n) is 12.8. The monoisotopic (exact) mass is 366 g/mol. The van der Waals surface area contributed by atoms with Gasteiger partial charge in [0.1, 0.15) is 11.7 Å². The molecule has 0 aliphatic carbocycles. The summed E-state index contributed by atoms with van der Waals surface area (Å²) in [5.41, 5.74) is -0.125. The fraction of sp³-hybridized carbons (Fsp3) is 0.333. The quantitative estimate of drug-likeness (QED) is 0.568. The molecule has 1 atom stereocenters. The molecule has 0 aromatic heterocycles. The molecule has 0 saturated heterocycles. The average Bonchev–Trinajstić information content (AvgIpc) is 2.48. The maximum Gasteiger partial charge on any atom is 0.573 e. The van der Waals surface area contributed by atoms with E-state index in [0.717, 1.165) is 25.3 Å². The van der Waals surface area contributed by atoms with Crippen molar-refractivity contribution in [3.63, 3.8) is 0 Å². The van der Waals surface area contributed by atoms with E-state index in [9.17, 15) is 22.8 Å². The van der Waals surface area contributed by atoms with Crippen LogP contribution in [0.1, 0.15) is 18.4 Å². The van der Waals surface area contributed by atoms with Gasteiger partial charge < -0.3 is 14.2 Å². The molecule has 0 radical (unpaired) electrons. The van der Waals surface area contributed by atoms with E-state index >= 15 is 0 Å². The molecular formula is C15H14ClF3O5. The van der Waals surface area contributed by atoms with Gasteiger partial charge >= 0.3 is 18.3 Å². The summed E-state index contributed by atoms with van der Waals surface area (Å²) >= 11 is 5.76. The molecule has 132 valence electrons. The predicted octanol–water partition coefficient (Wildman–Crippen LogP) is 3.61. The lowest BCUT2D eigenvalue weighted by Gasteiger charge is -2.18. The summed E-state index contributed by atoms with van der Waals surface area (Å²) < 4.78 is 49.9. The van der Waals surface area contributed by atoms with Crippen LogP contribution in [0.25, 0.3) is 0 Å². The number of hydrogen-bond donors (Lipinski definition) is 0. The fourth-order valence-corrected chi connectivity index (χ4v) is 2.09. The van der Waals surface area contributed by atoms with Gasteiger partial charge in [0.25, 0.3) is 0 Å². The number of benzene rings is 1. The maximum absolute atomic E-state index is 12.3. The molecule has 0 aliphatic rings. The molecule has 1 rings (SSSR count). The third kappa shape index (κ3) is 5.16. The number of rotatable bonds is 6. The summed E-state index contributed by atoms with van der Waals surface area (Å²) in [4.78, 5) is 23.7. The molecule has 0 amide bonds. The Balaban J connectivity index is 3.24. The van der Waals surface area contributed by atoms with Crippen LogP contribution in [0.4, 0.5) is 13.2 Å². The molecule has 1 unspecified atom stereocenters. The molecular weight excluding hydrogens is 353 g/mol. The van der Waals surface area contributed by atoms with Crippen LogP contribution in [0.2, 0.25) is 5.02 Å². The maximum atomic E-state index is 12.3. The molecule has 0 aliphatic heterocycles. The largest absolute Gasteiger partial charge is 0.573 e. The van der Waals surface area contributed by atoms with Gasteiger partial charge in [-0.2, -0.15) is 0 Å². The summed E-state index contributed by atoms with van der Waals surface area (Å²) in [5, 5.41) is -0.392. The Morgan fingerprint density at radius 1 is 1.33 bits per heavy atom. The van der Waals surface area contributed by atoms with Crippen LogP contribution < -0.4 is 4.74 Å². The number of carbonyl (C=O) groups excluding carboxylic acids is 2. The Morgan fingerprint density at radius 3 is 2.42 bits per heavy atom. The predicted molar refractivity (Wildman–Crippen MR) is 78.7 cm³/mol. The van der Waals surface area contributed by atoms with Crippen LogP contribution >= 0.6 is 11.6 Å². The molecule has 0 N–H and O–H groups in total. The summed E-state index contributed by atoms with van der Waals surface area (Å²) in [5.74, 6) is -3.58. The van der Waals surface area contributed by atoms with Gasteiger partial charge in [0.15, 0.2) is 0 Å². The second-order valence-electron chi connectivity index (χ2n) is 4.44. The Kier molecular flexibility index (Phi) is 6.65. The second-order valence-corrected chi connectivity index (χ2v) is 4.85. The second kappa shape index (κ2) is 8.05. The van der Waals surface area contributed by atoms with Gasteiger partial charge in [0.2, 0.25) is 0 Å². The summed E-state index contributed by atoms with van der Waals surface area (Å²) in [6, 6.07) is 3.16. The van der Waals surface area contributed by atoms with Crippen molar-refractivity contribution in [2.24, 2.45) is 0 Å². The standard InChI is InChI=1S/C15H14ClF3O5/c1-4-23-14(21)12(8(2)13(20)22-3)9-5-6-11(10(16)7-9)24-15(17,18)19/h5-7,12H,2,4H2,1,3H3. The lowest BCUT2D eigenvalue weighted by Crippen LogP contribution is -2.23. The molecule has 24 heavy (non-hydrogen) atoms. The van der Waals surface area contributed by atoms with E-state index in [4.69, 9.17) is 16.3 Å². The normalized spacial score (nSPS) is 12.2. The van der Waals surface area contributed by atoms with Crippen molar-refractivity contribution in [1.29, 1.82) is 0 Å². The first-order chi connectivity index (χ1) is 11.1. The van der Waals surface area contributed by atoms with Crippen LogP contribution in [0.15, 0.2) is 30.4 Å². The van der Waals surface area contributed by atoms with E-state index < -0.39 is 35.0 Å². The van der Waals surface area contributed by atoms with Crippen LogP contribution in [-0.2, 0) is 19.1 Å². The number of methoxy groups -OCH3 is 1. The fourth-order valence-electron chi connectivity index (χ4n) is 1.86. The molecule has 0 spiro atoms. The number of carbonyl (C=O) groups is 2. The smallest absolute Gasteiger partial charge is 0.466 e. The van der Waals surface area contributed by atoms with Crippen molar-refractivity contribution in [1.82, 2.24) is 0 Å². The molecule has 1 aromatic carbocycles. The van der Waals surface area contributed by atoms with Crippen molar-refractivity contribution in [2.75, 3.05) is 13.7 Å². The molecule has 5 nitrogen and oxygen atoms in total. The van der Waals surface area contributed by atoms with Crippen LogP contribution in [0.3, 0.4) is 0 Å². The molecule has 0 saturated carbocycles. The lowest BCUT2D eigenvalue weighted by atomic mass is 9.92. The van der Waals surface area contributed by atoms with Crippen LogP contribution in [-0.4, -0.2) is 32.0 Å². The number of ether oxygens (including phenoxy) is 3. The van der Waals surface area contributed by atoms with E-state index in [0.29, 0.717) is 0 Å². The topological polar surface area (TPSA) is 61.8 Å². The van der Waals surface area contributed by atoms with E-state index in [-0.39, 0.29) is 17.7 Å². The first-order valence-corrected chi connectivity index (χ1v) is 6.97. The molecule has 0 heterocycles. The highest BCUT2D eigenvalue weighted by Crippen LogP contribution is 2.35. The van der Waals surface area contributed by atoms with Gasteiger partial charge in [-0.25, -0.2) is 4.79 Å². The Hall–Kier alpha value is -2.22.